The highest BCUT2D eigenvalue weighted by Crippen LogP contribution is 2.25. The molecule has 27 heavy (non-hydrogen) atoms. The summed E-state index contributed by atoms with van der Waals surface area (Å²) < 4.78 is 6.98. The second-order valence-corrected chi connectivity index (χ2v) is 7.63. The van der Waals surface area contributed by atoms with Crippen LogP contribution in [0.4, 0.5) is 0 Å². The van der Waals surface area contributed by atoms with Crippen molar-refractivity contribution in [3.8, 4) is 5.75 Å². The highest BCUT2D eigenvalue weighted by atomic mass is 32.1. The summed E-state index contributed by atoms with van der Waals surface area (Å²) in [5.74, 6) is 0.634. The summed E-state index contributed by atoms with van der Waals surface area (Å²) in [5, 5.41) is 10.9. The molecule has 0 spiro atoms. The zero-order valence-electron chi connectivity index (χ0n) is 15.6. The lowest BCUT2D eigenvalue weighted by Gasteiger charge is -2.14. The molecule has 2 aromatic heterocycles. The van der Waals surface area contributed by atoms with Crippen molar-refractivity contribution in [3.05, 3.63) is 57.0 Å². The van der Waals surface area contributed by atoms with Crippen molar-refractivity contribution in [1.82, 2.24) is 9.55 Å². The third-order valence-corrected chi connectivity index (χ3v) is 5.62. The summed E-state index contributed by atoms with van der Waals surface area (Å²) in [7, 11) is 0. The predicted octanol–water partition coefficient (Wildman–Crippen LogP) is 3.11. The van der Waals surface area contributed by atoms with Crippen LogP contribution in [0.25, 0.3) is 10.2 Å². The van der Waals surface area contributed by atoms with Crippen LogP contribution >= 0.6 is 11.3 Å². The van der Waals surface area contributed by atoms with E-state index in [1.165, 1.54) is 22.2 Å². The molecule has 0 fully saturated rings. The summed E-state index contributed by atoms with van der Waals surface area (Å²) in [6, 6.07) is 6.81. The van der Waals surface area contributed by atoms with Gasteiger partial charge in [0.2, 0.25) is 0 Å². The third kappa shape index (κ3) is 4.09. The Morgan fingerprint density at radius 3 is 2.67 bits per heavy atom. The van der Waals surface area contributed by atoms with Crippen molar-refractivity contribution in [2.24, 2.45) is 0 Å². The van der Waals surface area contributed by atoms with Gasteiger partial charge in [0, 0.05) is 16.9 Å². The molecule has 1 N–H and O–H groups in total. The summed E-state index contributed by atoms with van der Waals surface area (Å²) in [5.41, 5.74) is 1.43. The van der Waals surface area contributed by atoms with Gasteiger partial charge in [-0.1, -0.05) is 6.92 Å². The molecule has 6 nitrogen and oxygen atoms in total. The number of aliphatic hydroxyl groups excluding tert-OH is 1. The van der Waals surface area contributed by atoms with Gasteiger partial charge in [-0.2, -0.15) is 0 Å². The average molecular weight is 386 g/mol. The smallest absolute Gasteiger partial charge is 0.262 e. The number of benzene rings is 1. The molecule has 0 radical (unpaired) electrons. The first kappa shape index (κ1) is 19.3. The summed E-state index contributed by atoms with van der Waals surface area (Å²) in [6.07, 6.45) is 1.06. The van der Waals surface area contributed by atoms with Gasteiger partial charge in [-0.3, -0.25) is 14.2 Å². The lowest BCUT2D eigenvalue weighted by atomic mass is 10.1. The van der Waals surface area contributed by atoms with E-state index < -0.39 is 6.10 Å². The Hall–Kier alpha value is -2.51. The number of rotatable bonds is 7. The second-order valence-electron chi connectivity index (χ2n) is 6.43. The Morgan fingerprint density at radius 1 is 1.30 bits per heavy atom. The van der Waals surface area contributed by atoms with Gasteiger partial charge < -0.3 is 9.84 Å². The highest BCUT2D eigenvalue weighted by molar-refractivity contribution is 7.18. The summed E-state index contributed by atoms with van der Waals surface area (Å²) >= 11 is 1.50. The Bertz CT molecular complexity index is 1020. The number of carbonyl (C=O) groups is 1. The van der Waals surface area contributed by atoms with Gasteiger partial charge in [-0.15, -0.1) is 11.3 Å². The normalized spacial score (nSPS) is 12.3. The molecule has 0 saturated heterocycles. The number of ether oxygens (including phenoxy) is 1. The van der Waals surface area contributed by atoms with E-state index in [2.05, 4.69) is 4.98 Å². The molecule has 0 aliphatic carbocycles. The monoisotopic (exact) mass is 386 g/mol. The average Bonchev–Trinajstić information content (AvgIpc) is 2.97. The van der Waals surface area contributed by atoms with E-state index in [0.717, 1.165) is 15.3 Å². The molecule has 1 atom stereocenters. The lowest BCUT2D eigenvalue weighted by Crippen LogP contribution is -2.30. The number of aryl methyl sites for hydroxylation is 2. The molecule has 0 saturated carbocycles. The zero-order valence-corrected chi connectivity index (χ0v) is 16.4. The van der Waals surface area contributed by atoms with Gasteiger partial charge in [0.1, 0.15) is 23.3 Å². The molecular weight excluding hydrogens is 364 g/mol. The first-order valence-electron chi connectivity index (χ1n) is 8.80. The van der Waals surface area contributed by atoms with Crippen LogP contribution in [-0.2, 0) is 6.54 Å². The van der Waals surface area contributed by atoms with E-state index in [-0.39, 0.29) is 24.5 Å². The molecule has 2 heterocycles. The van der Waals surface area contributed by atoms with Gasteiger partial charge in [-0.25, -0.2) is 4.98 Å². The van der Waals surface area contributed by atoms with Crippen LogP contribution in [0.3, 0.4) is 0 Å². The molecule has 1 aromatic carbocycles. The van der Waals surface area contributed by atoms with Gasteiger partial charge in [0.05, 0.1) is 18.3 Å². The van der Waals surface area contributed by atoms with E-state index in [4.69, 9.17) is 4.74 Å². The standard InChI is InChI=1S/C20H22N2O4S/c1-4-17(24)14-5-7-16(8-6-14)26-10-15(23)9-22-11-21-19-18(20(22)25)12(2)13(3)27-19/h5-8,11,15,23H,4,9-10H2,1-3H3/t15-/m0/s1. The number of carbonyl (C=O) groups excluding carboxylic acids is 1. The number of nitrogens with zero attached hydrogens (tertiary/aromatic N) is 2. The SMILES string of the molecule is CCC(=O)c1ccc(OC[C@@H](O)Cn2cnc3sc(C)c(C)c3c2=O)cc1. The summed E-state index contributed by atoms with van der Waals surface area (Å²) in [4.78, 5) is 30.4. The number of Topliss-reactive ketones (excluding diaryl/α,β-unsaturated/α-hetero) is 1. The van der Waals surface area contributed by atoms with Crippen molar-refractivity contribution in [1.29, 1.82) is 0 Å². The number of fused-ring (bicyclic) bond motifs is 1. The number of thiophene rings is 1. The van der Waals surface area contributed by atoms with Crippen molar-refractivity contribution in [2.75, 3.05) is 6.61 Å². The fraction of sp³-hybridized carbons (Fsp3) is 0.350. The van der Waals surface area contributed by atoms with E-state index in [1.807, 2.05) is 20.8 Å². The first-order valence-corrected chi connectivity index (χ1v) is 9.61. The van der Waals surface area contributed by atoms with Crippen LogP contribution in [0.2, 0.25) is 0 Å². The van der Waals surface area contributed by atoms with Crippen molar-refractivity contribution < 1.29 is 14.6 Å². The molecule has 0 aliphatic rings. The van der Waals surface area contributed by atoms with Crippen LogP contribution in [0.15, 0.2) is 35.4 Å². The summed E-state index contributed by atoms with van der Waals surface area (Å²) in [6.45, 7) is 5.83. The van der Waals surface area contributed by atoms with Crippen LogP contribution in [-0.4, -0.2) is 33.2 Å². The van der Waals surface area contributed by atoms with Crippen molar-refractivity contribution in [2.45, 2.75) is 39.8 Å². The topological polar surface area (TPSA) is 81.4 Å². The van der Waals surface area contributed by atoms with Gasteiger partial charge in [0.25, 0.3) is 5.56 Å². The van der Waals surface area contributed by atoms with Crippen LogP contribution in [0.5, 0.6) is 5.75 Å². The quantitative estimate of drug-likeness (QED) is 0.631. The molecule has 142 valence electrons. The largest absolute Gasteiger partial charge is 0.491 e. The number of hydrogen-bond donors (Lipinski definition) is 1. The van der Waals surface area contributed by atoms with Gasteiger partial charge in [0.15, 0.2) is 5.78 Å². The molecule has 0 aliphatic heterocycles. The van der Waals surface area contributed by atoms with Crippen molar-refractivity contribution >= 4 is 27.3 Å². The van der Waals surface area contributed by atoms with Crippen LogP contribution in [0.1, 0.15) is 34.1 Å². The van der Waals surface area contributed by atoms with E-state index in [1.54, 1.807) is 24.3 Å². The lowest BCUT2D eigenvalue weighted by molar-refractivity contribution is 0.0913. The van der Waals surface area contributed by atoms with Gasteiger partial charge >= 0.3 is 0 Å². The first-order chi connectivity index (χ1) is 12.9. The second kappa shape index (κ2) is 8.02. The van der Waals surface area contributed by atoms with Gasteiger partial charge in [-0.05, 0) is 43.7 Å². The maximum absolute atomic E-state index is 12.6. The number of aromatic nitrogens is 2. The molecular formula is C20H22N2O4S. The minimum absolute atomic E-state index is 0.0349. The Labute approximate surface area is 161 Å². The Balaban J connectivity index is 1.66. The van der Waals surface area contributed by atoms with Crippen LogP contribution < -0.4 is 10.3 Å². The number of ketones is 1. The fourth-order valence-electron chi connectivity index (χ4n) is 2.81. The Kier molecular flexibility index (Phi) is 5.72. The molecule has 3 rings (SSSR count). The molecule has 0 bridgehead atoms. The maximum atomic E-state index is 12.6. The molecule has 3 aromatic rings. The number of aliphatic hydroxyl groups is 1. The van der Waals surface area contributed by atoms with E-state index >= 15 is 0 Å². The van der Waals surface area contributed by atoms with E-state index in [9.17, 15) is 14.7 Å². The zero-order chi connectivity index (χ0) is 19.6. The fourth-order valence-corrected chi connectivity index (χ4v) is 3.80. The van der Waals surface area contributed by atoms with Crippen molar-refractivity contribution in [3.63, 3.8) is 0 Å². The maximum Gasteiger partial charge on any atom is 0.262 e. The minimum atomic E-state index is -0.862. The molecule has 7 heteroatoms. The van der Waals surface area contributed by atoms with Crippen LogP contribution in [0, 0.1) is 13.8 Å². The minimum Gasteiger partial charge on any atom is -0.491 e. The molecule has 0 amide bonds. The number of hydrogen-bond acceptors (Lipinski definition) is 6. The Morgan fingerprint density at radius 2 is 2.00 bits per heavy atom. The predicted molar refractivity (Wildman–Crippen MR) is 106 cm³/mol. The third-order valence-electron chi connectivity index (χ3n) is 4.50. The van der Waals surface area contributed by atoms with E-state index in [0.29, 0.717) is 23.1 Å². The highest BCUT2D eigenvalue weighted by Gasteiger charge is 2.14. The molecule has 0 unspecified atom stereocenters.